The molecule has 0 radical (unpaired) electrons. The van der Waals surface area contributed by atoms with Crippen molar-refractivity contribution in [2.24, 2.45) is 0 Å². The van der Waals surface area contributed by atoms with Gasteiger partial charge in [-0.05, 0) is 12.8 Å². The van der Waals surface area contributed by atoms with Crippen molar-refractivity contribution in [1.29, 1.82) is 0 Å². The number of hydrogen-bond acceptors (Lipinski definition) is 2. The van der Waals surface area contributed by atoms with Gasteiger partial charge in [0.05, 0.1) is 0 Å². The van der Waals surface area contributed by atoms with E-state index < -0.39 is 0 Å². The molecule has 0 rings (SSSR count). The van der Waals surface area contributed by atoms with Crippen LogP contribution in [-0.4, -0.2) is 17.0 Å². The van der Waals surface area contributed by atoms with Crippen LogP contribution in [0.4, 0.5) is 0 Å². The Balaban J connectivity index is 2.99. The zero-order valence-corrected chi connectivity index (χ0v) is 14.7. The molecule has 0 amide bonds. The lowest BCUT2D eigenvalue weighted by molar-refractivity contribution is 0.285. The van der Waals surface area contributed by atoms with Crippen LogP contribution in [0, 0.1) is 0 Å². The number of thiol groups is 1. The summed E-state index contributed by atoms with van der Waals surface area (Å²) < 4.78 is 0. The van der Waals surface area contributed by atoms with E-state index in [4.69, 9.17) is 5.11 Å². The van der Waals surface area contributed by atoms with E-state index in [-0.39, 0.29) is 6.61 Å². The molecular formula is C18H38OS. The highest BCUT2D eigenvalue weighted by molar-refractivity contribution is 7.80. The molecule has 0 aromatic carbocycles. The summed E-state index contributed by atoms with van der Waals surface area (Å²) in [5.41, 5.74) is 0. The van der Waals surface area contributed by atoms with Gasteiger partial charge in [0.1, 0.15) is 0 Å². The van der Waals surface area contributed by atoms with E-state index in [1.165, 1.54) is 89.9 Å². The normalized spacial score (nSPS) is 12.8. The lowest BCUT2D eigenvalue weighted by Crippen LogP contribution is -2.01. The van der Waals surface area contributed by atoms with Gasteiger partial charge in [-0.2, -0.15) is 12.6 Å². The Bertz CT molecular complexity index is 173. The standard InChI is InChI=1S/C18H38OS/c1-2-3-4-5-6-7-8-9-10-11-12-13-14-15-18(20)16-17-19/h18-20H,2-17H2,1H3. The quantitative estimate of drug-likeness (QED) is 0.259. The molecule has 0 saturated carbocycles. The van der Waals surface area contributed by atoms with E-state index in [1.54, 1.807) is 0 Å². The minimum Gasteiger partial charge on any atom is -0.396 e. The second kappa shape index (κ2) is 17.4. The Morgan fingerprint density at radius 2 is 1.05 bits per heavy atom. The smallest absolute Gasteiger partial charge is 0.0441 e. The van der Waals surface area contributed by atoms with Gasteiger partial charge in [-0.1, -0.05) is 90.4 Å². The Labute approximate surface area is 133 Å². The number of hydrogen-bond donors (Lipinski definition) is 2. The molecule has 2 heteroatoms. The average Bonchev–Trinajstić information content (AvgIpc) is 2.44. The minimum absolute atomic E-state index is 0.284. The maximum atomic E-state index is 8.79. The molecule has 0 aromatic heterocycles. The lowest BCUT2D eigenvalue weighted by Gasteiger charge is -2.08. The first-order chi connectivity index (χ1) is 9.81. The summed E-state index contributed by atoms with van der Waals surface area (Å²) in [4.78, 5) is 0. The van der Waals surface area contributed by atoms with Crippen molar-refractivity contribution in [2.75, 3.05) is 6.61 Å². The Morgan fingerprint density at radius 1 is 0.650 bits per heavy atom. The van der Waals surface area contributed by atoms with Gasteiger partial charge in [-0.15, -0.1) is 0 Å². The fourth-order valence-corrected chi connectivity index (χ4v) is 2.99. The third kappa shape index (κ3) is 16.4. The maximum absolute atomic E-state index is 8.79. The summed E-state index contributed by atoms with van der Waals surface area (Å²) in [6.45, 7) is 2.57. The first kappa shape index (κ1) is 20.3. The van der Waals surface area contributed by atoms with Crippen LogP contribution in [0.3, 0.4) is 0 Å². The summed E-state index contributed by atoms with van der Waals surface area (Å²) in [5, 5.41) is 9.20. The molecule has 1 unspecified atom stereocenters. The second-order valence-corrected chi connectivity index (χ2v) is 6.93. The number of rotatable bonds is 16. The zero-order valence-electron chi connectivity index (χ0n) is 13.8. The highest BCUT2D eigenvalue weighted by atomic mass is 32.1. The van der Waals surface area contributed by atoms with Crippen molar-refractivity contribution >= 4 is 12.6 Å². The molecule has 20 heavy (non-hydrogen) atoms. The summed E-state index contributed by atoms with van der Waals surface area (Å²) in [7, 11) is 0. The van der Waals surface area contributed by atoms with Gasteiger partial charge in [-0.3, -0.25) is 0 Å². The van der Waals surface area contributed by atoms with E-state index in [2.05, 4.69) is 19.6 Å². The van der Waals surface area contributed by atoms with E-state index in [0.29, 0.717) is 5.25 Å². The third-order valence-corrected chi connectivity index (χ3v) is 4.62. The lowest BCUT2D eigenvalue weighted by atomic mass is 10.0. The van der Waals surface area contributed by atoms with Gasteiger partial charge in [0.15, 0.2) is 0 Å². The largest absolute Gasteiger partial charge is 0.396 e. The van der Waals surface area contributed by atoms with Gasteiger partial charge < -0.3 is 5.11 Å². The van der Waals surface area contributed by atoms with Gasteiger partial charge >= 0.3 is 0 Å². The van der Waals surface area contributed by atoms with Crippen molar-refractivity contribution in [3.05, 3.63) is 0 Å². The van der Waals surface area contributed by atoms with Crippen LogP contribution in [0.15, 0.2) is 0 Å². The van der Waals surface area contributed by atoms with Gasteiger partial charge in [0, 0.05) is 11.9 Å². The number of aliphatic hydroxyl groups is 1. The van der Waals surface area contributed by atoms with Crippen LogP contribution >= 0.6 is 12.6 Å². The van der Waals surface area contributed by atoms with Crippen LogP contribution in [-0.2, 0) is 0 Å². The van der Waals surface area contributed by atoms with Gasteiger partial charge in [0.2, 0.25) is 0 Å². The third-order valence-electron chi connectivity index (χ3n) is 4.10. The molecule has 0 saturated heterocycles. The van der Waals surface area contributed by atoms with E-state index in [0.717, 1.165) is 6.42 Å². The molecule has 0 aliphatic heterocycles. The SMILES string of the molecule is CCCCCCCCCCCCCCCC(S)CCO. The molecule has 122 valence electrons. The van der Waals surface area contributed by atoms with E-state index >= 15 is 0 Å². The first-order valence-corrected chi connectivity index (χ1v) is 9.61. The van der Waals surface area contributed by atoms with E-state index in [9.17, 15) is 0 Å². The van der Waals surface area contributed by atoms with E-state index in [1.807, 2.05) is 0 Å². The van der Waals surface area contributed by atoms with Crippen molar-refractivity contribution in [1.82, 2.24) is 0 Å². The zero-order chi connectivity index (χ0) is 14.9. The van der Waals surface area contributed by atoms with Crippen molar-refractivity contribution < 1.29 is 5.11 Å². The van der Waals surface area contributed by atoms with Crippen molar-refractivity contribution in [2.45, 2.75) is 108 Å². The van der Waals surface area contributed by atoms with Crippen LogP contribution in [0.1, 0.15) is 103 Å². The molecule has 0 fully saturated rings. The predicted octanol–water partition coefficient (Wildman–Crippen LogP) is 6.15. The predicted molar refractivity (Wildman–Crippen MR) is 94.8 cm³/mol. The molecule has 1 N–H and O–H groups in total. The monoisotopic (exact) mass is 302 g/mol. The summed E-state index contributed by atoms with van der Waals surface area (Å²) in [6, 6.07) is 0. The van der Waals surface area contributed by atoms with Crippen LogP contribution < -0.4 is 0 Å². The molecule has 0 aliphatic rings. The highest BCUT2D eigenvalue weighted by Gasteiger charge is 2.01. The summed E-state index contributed by atoms with van der Waals surface area (Å²) in [5.74, 6) is 0. The number of aliphatic hydroxyl groups excluding tert-OH is 1. The van der Waals surface area contributed by atoms with Crippen LogP contribution in [0.2, 0.25) is 0 Å². The number of unbranched alkanes of at least 4 members (excludes halogenated alkanes) is 12. The second-order valence-electron chi connectivity index (χ2n) is 6.20. The van der Waals surface area contributed by atoms with Crippen LogP contribution in [0.25, 0.3) is 0 Å². The average molecular weight is 303 g/mol. The Hall–Kier alpha value is 0.310. The molecule has 0 bridgehead atoms. The molecule has 0 spiro atoms. The van der Waals surface area contributed by atoms with Gasteiger partial charge in [0.25, 0.3) is 0 Å². The summed E-state index contributed by atoms with van der Waals surface area (Å²) in [6.07, 6.45) is 20.3. The molecular weight excluding hydrogens is 264 g/mol. The fourth-order valence-electron chi connectivity index (χ4n) is 2.69. The molecule has 0 aliphatic carbocycles. The molecule has 1 atom stereocenters. The Morgan fingerprint density at radius 3 is 1.45 bits per heavy atom. The highest BCUT2D eigenvalue weighted by Crippen LogP contribution is 2.15. The van der Waals surface area contributed by atoms with Gasteiger partial charge in [-0.25, -0.2) is 0 Å². The minimum atomic E-state index is 0.284. The molecule has 0 aromatic rings. The van der Waals surface area contributed by atoms with Crippen molar-refractivity contribution in [3.8, 4) is 0 Å². The summed E-state index contributed by atoms with van der Waals surface area (Å²) >= 11 is 4.46. The Kier molecular flexibility index (Phi) is 17.6. The topological polar surface area (TPSA) is 20.2 Å². The molecule has 1 nitrogen and oxygen atoms in total. The van der Waals surface area contributed by atoms with Crippen molar-refractivity contribution in [3.63, 3.8) is 0 Å². The molecule has 0 heterocycles. The fraction of sp³-hybridized carbons (Fsp3) is 1.00. The van der Waals surface area contributed by atoms with Crippen LogP contribution in [0.5, 0.6) is 0 Å². The maximum Gasteiger partial charge on any atom is 0.0441 e. The first-order valence-electron chi connectivity index (χ1n) is 9.10.